The number of ether oxygens (including phenoxy) is 1. The van der Waals surface area contributed by atoms with E-state index in [0.717, 1.165) is 45.7 Å². The van der Waals surface area contributed by atoms with Crippen LogP contribution in [0.2, 0.25) is 0 Å². The molecule has 11 heavy (non-hydrogen) atoms. The predicted molar refractivity (Wildman–Crippen MR) is 45.3 cm³/mol. The molecule has 0 saturated carbocycles. The quantitative estimate of drug-likeness (QED) is 0.542. The van der Waals surface area contributed by atoms with Gasteiger partial charge in [0.2, 0.25) is 0 Å². The molecule has 0 aromatic carbocycles. The molecule has 0 atom stereocenters. The van der Waals surface area contributed by atoms with E-state index < -0.39 is 0 Å². The van der Waals surface area contributed by atoms with Gasteiger partial charge in [-0.05, 0) is 6.42 Å². The number of hydrogen-bond donors (Lipinski definition) is 0. The lowest BCUT2D eigenvalue weighted by Gasteiger charge is -2.16. The van der Waals surface area contributed by atoms with Crippen LogP contribution in [0.1, 0.15) is 12.8 Å². The van der Waals surface area contributed by atoms with Crippen molar-refractivity contribution in [3.05, 3.63) is 0 Å². The highest BCUT2D eigenvalue weighted by atomic mass is 16.5. The molecule has 62 valence electrons. The Morgan fingerprint density at radius 1 is 1.36 bits per heavy atom. The summed E-state index contributed by atoms with van der Waals surface area (Å²) in [4.78, 5) is 2.37. The second-order valence-corrected chi connectivity index (χ2v) is 2.76. The smallest absolute Gasteiger partial charge is 0.0593 e. The van der Waals surface area contributed by atoms with Gasteiger partial charge in [-0.2, -0.15) is 0 Å². The van der Waals surface area contributed by atoms with Gasteiger partial charge in [0.1, 0.15) is 0 Å². The summed E-state index contributed by atoms with van der Waals surface area (Å²) >= 11 is 0. The third-order valence-electron chi connectivity index (χ3n) is 1.89. The Kier molecular flexibility index (Phi) is 4.03. The first-order chi connectivity index (χ1) is 5.43. The maximum absolute atomic E-state index is 5.31. The number of hydrogen-bond acceptors (Lipinski definition) is 2. The molecule has 0 aromatic rings. The van der Waals surface area contributed by atoms with Gasteiger partial charge in [-0.15, -0.1) is 12.3 Å². The lowest BCUT2D eigenvalue weighted by Crippen LogP contribution is -2.27. The Morgan fingerprint density at radius 2 is 2.27 bits per heavy atom. The summed E-state index contributed by atoms with van der Waals surface area (Å²) in [5, 5.41) is 0. The van der Waals surface area contributed by atoms with Crippen LogP contribution in [0.3, 0.4) is 0 Å². The van der Waals surface area contributed by atoms with E-state index in [1.165, 1.54) is 0 Å². The Balaban J connectivity index is 2.15. The summed E-state index contributed by atoms with van der Waals surface area (Å²) in [6.07, 6.45) is 7.18. The van der Waals surface area contributed by atoms with Gasteiger partial charge in [0.15, 0.2) is 0 Å². The standard InChI is InChI=1S/C9H15NO/c1-2-3-5-10-6-4-8-11-9-7-10/h1H,3-9H2. The Labute approximate surface area is 68.5 Å². The van der Waals surface area contributed by atoms with Crippen molar-refractivity contribution in [2.75, 3.05) is 32.8 Å². The third kappa shape index (κ3) is 3.41. The first-order valence-corrected chi connectivity index (χ1v) is 4.17. The SMILES string of the molecule is C#CCCN1CCCOCC1. The highest BCUT2D eigenvalue weighted by molar-refractivity contribution is 4.84. The molecule has 1 aliphatic rings. The first kappa shape index (κ1) is 8.58. The molecule has 0 aromatic heterocycles. The topological polar surface area (TPSA) is 12.5 Å². The van der Waals surface area contributed by atoms with Crippen LogP contribution < -0.4 is 0 Å². The zero-order valence-electron chi connectivity index (χ0n) is 6.88. The fraction of sp³-hybridized carbons (Fsp3) is 0.778. The first-order valence-electron chi connectivity index (χ1n) is 4.17. The van der Waals surface area contributed by atoms with Gasteiger partial charge in [-0.3, -0.25) is 0 Å². The molecule has 2 heteroatoms. The van der Waals surface area contributed by atoms with Gasteiger partial charge in [-0.1, -0.05) is 0 Å². The molecule has 1 heterocycles. The minimum absolute atomic E-state index is 0.861. The fourth-order valence-electron chi connectivity index (χ4n) is 1.24. The fourth-order valence-corrected chi connectivity index (χ4v) is 1.24. The maximum Gasteiger partial charge on any atom is 0.0593 e. The molecular formula is C9H15NO. The normalized spacial score (nSPS) is 20.6. The van der Waals surface area contributed by atoms with Gasteiger partial charge in [0, 0.05) is 32.7 Å². The summed E-state index contributed by atoms with van der Waals surface area (Å²) in [7, 11) is 0. The van der Waals surface area contributed by atoms with Gasteiger partial charge >= 0.3 is 0 Å². The van der Waals surface area contributed by atoms with Crippen molar-refractivity contribution in [3.63, 3.8) is 0 Å². The molecule has 0 unspecified atom stereocenters. The minimum Gasteiger partial charge on any atom is -0.380 e. The Morgan fingerprint density at radius 3 is 3.09 bits per heavy atom. The summed E-state index contributed by atoms with van der Waals surface area (Å²) in [6, 6.07) is 0. The molecule has 0 aliphatic carbocycles. The van der Waals surface area contributed by atoms with E-state index in [0.29, 0.717) is 0 Å². The van der Waals surface area contributed by atoms with E-state index in [1.54, 1.807) is 0 Å². The van der Waals surface area contributed by atoms with Crippen LogP contribution in [0.5, 0.6) is 0 Å². The monoisotopic (exact) mass is 153 g/mol. The van der Waals surface area contributed by atoms with Gasteiger partial charge < -0.3 is 9.64 Å². The lowest BCUT2D eigenvalue weighted by molar-refractivity contribution is 0.142. The molecular weight excluding hydrogens is 138 g/mol. The van der Waals surface area contributed by atoms with Crippen molar-refractivity contribution in [2.45, 2.75) is 12.8 Å². The highest BCUT2D eigenvalue weighted by Gasteiger charge is 2.06. The van der Waals surface area contributed by atoms with Gasteiger partial charge in [0.25, 0.3) is 0 Å². The van der Waals surface area contributed by atoms with Crippen molar-refractivity contribution in [1.82, 2.24) is 4.90 Å². The summed E-state index contributed by atoms with van der Waals surface area (Å²) in [6.45, 7) is 4.99. The molecule has 1 fully saturated rings. The second kappa shape index (κ2) is 5.17. The minimum atomic E-state index is 0.861. The van der Waals surface area contributed by atoms with E-state index in [2.05, 4.69) is 10.8 Å². The number of nitrogens with zero attached hydrogens (tertiary/aromatic N) is 1. The van der Waals surface area contributed by atoms with Crippen LogP contribution in [0.15, 0.2) is 0 Å². The second-order valence-electron chi connectivity index (χ2n) is 2.76. The zero-order chi connectivity index (χ0) is 7.94. The molecule has 0 spiro atoms. The highest BCUT2D eigenvalue weighted by Crippen LogP contribution is 1.98. The van der Waals surface area contributed by atoms with Crippen molar-refractivity contribution < 1.29 is 4.74 Å². The Bertz CT molecular complexity index is 131. The summed E-state index contributed by atoms with van der Waals surface area (Å²) in [5.74, 6) is 2.65. The third-order valence-corrected chi connectivity index (χ3v) is 1.89. The van der Waals surface area contributed by atoms with Crippen LogP contribution >= 0.6 is 0 Å². The van der Waals surface area contributed by atoms with E-state index in [4.69, 9.17) is 11.2 Å². The molecule has 0 amide bonds. The van der Waals surface area contributed by atoms with Crippen molar-refractivity contribution in [3.8, 4) is 12.3 Å². The molecule has 0 N–H and O–H groups in total. The van der Waals surface area contributed by atoms with Crippen molar-refractivity contribution in [1.29, 1.82) is 0 Å². The van der Waals surface area contributed by atoms with Crippen LogP contribution in [0.4, 0.5) is 0 Å². The number of terminal acetylenes is 1. The molecule has 1 rings (SSSR count). The molecule has 1 saturated heterocycles. The average molecular weight is 153 g/mol. The molecule has 0 bridgehead atoms. The van der Waals surface area contributed by atoms with Crippen molar-refractivity contribution >= 4 is 0 Å². The predicted octanol–water partition coefficient (Wildman–Crippen LogP) is 0.732. The van der Waals surface area contributed by atoms with E-state index >= 15 is 0 Å². The summed E-state index contributed by atoms with van der Waals surface area (Å²) in [5.41, 5.74) is 0. The van der Waals surface area contributed by atoms with Crippen LogP contribution in [0, 0.1) is 12.3 Å². The summed E-state index contributed by atoms with van der Waals surface area (Å²) < 4.78 is 5.31. The van der Waals surface area contributed by atoms with E-state index in [-0.39, 0.29) is 0 Å². The molecule has 1 aliphatic heterocycles. The van der Waals surface area contributed by atoms with E-state index in [9.17, 15) is 0 Å². The molecule has 0 radical (unpaired) electrons. The number of rotatable bonds is 2. The maximum atomic E-state index is 5.31. The van der Waals surface area contributed by atoms with Gasteiger partial charge in [0.05, 0.1) is 6.61 Å². The average Bonchev–Trinajstić information content (AvgIpc) is 2.28. The van der Waals surface area contributed by atoms with Gasteiger partial charge in [-0.25, -0.2) is 0 Å². The van der Waals surface area contributed by atoms with Crippen molar-refractivity contribution in [2.24, 2.45) is 0 Å². The molecule has 2 nitrogen and oxygen atoms in total. The lowest BCUT2D eigenvalue weighted by atomic mass is 10.3. The van der Waals surface area contributed by atoms with E-state index in [1.807, 2.05) is 0 Å². The van der Waals surface area contributed by atoms with Crippen LogP contribution in [-0.4, -0.2) is 37.7 Å². The van der Waals surface area contributed by atoms with Crippen LogP contribution in [0.25, 0.3) is 0 Å². The zero-order valence-corrected chi connectivity index (χ0v) is 6.88. The Hall–Kier alpha value is -0.520. The van der Waals surface area contributed by atoms with Crippen LogP contribution in [-0.2, 0) is 4.74 Å². The largest absolute Gasteiger partial charge is 0.380 e.